The van der Waals surface area contributed by atoms with Gasteiger partial charge in [-0.2, -0.15) is 0 Å². The maximum Gasteiger partial charge on any atom is 0.319 e. The summed E-state index contributed by atoms with van der Waals surface area (Å²) in [6.45, 7) is 5.58. The first-order valence-electron chi connectivity index (χ1n) is 8.68. The Kier molecular flexibility index (Phi) is 7.83. The molecule has 1 heterocycles. The minimum Gasteiger partial charge on any atom is -0.380 e. The van der Waals surface area contributed by atoms with Crippen molar-refractivity contribution in [2.24, 2.45) is 5.92 Å². The minimum atomic E-state index is -0.277. The van der Waals surface area contributed by atoms with Gasteiger partial charge in [0.15, 0.2) is 0 Å². The Labute approximate surface area is 154 Å². The predicted molar refractivity (Wildman–Crippen MR) is 101 cm³/mol. The Bertz CT molecular complexity index is 623. The topological polar surface area (TPSA) is 91.9 Å². The molecule has 3 amide bonds. The van der Waals surface area contributed by atoms with E-state index in [0.29, 0.717) is 24.5 Å². The molecule has 0 aromatic heterocycles. The van der Waals surface area contributed by atoms with Crippen LogP contribution in [0.25, 0.3) is 0 Å². The van der Waals surface area contributed by atoms with Crippen molar-refractivity contribution < 1.29 is 19.1 Å². The number of carbonyl (C=O) groups excluding carboxylic acids is 2. The van der Waals surface area contributed by atoms with E-state index >= 15 is 0 Å². The molecule has 0 unspecified atom stereocenters. The monoisotopic (exact) mass is 364 g/mol. The molecule has 0 bridgehead atoms. The van der Waals surface area contributed by atoms with Crippen LogP contribution in [0.5, 0.6) is 0 Å². The molecule has 26 heavy (non-hydrogen) atoms. The number of likely N-dealkylation sites (N-methyl/N-ethyl adjacent to an activating group) is 1. The smallest absolute Gasteiger partial charge is 0.319 e. The van der Waals surface area contributed by atoms with Crippen molar-refractivity contribution in [1.82, 2.24) is 10.2 Å². The Morgan fingerprint density at radius 1 is 1.35 bits per heavy atom. The van der Waals surface area contributed by atoms with E-state index in [1.165, 1.54) is 7.11 Å². The van der Waals surface area contributed by atoms with Gasteiger partial charge >= 0.3 is 6.03 Å². The largest absolute Gasteiger partial charge is 0.380 e. The van der Waals surface area contributed by atoms with Gasteiger partial charge in [0.05, 0.1) is 13.2 Å². The average molecular weight is 364 g/mol. The molecule has 8 heteroatoms. The summed E-state index contributed by atoms with van der Waals surface area (Å²) in [4.78, 5) is 26.0. The second-order valence-corrected chi connectivity index (χ2v) is 6.55. The Morgan fingerprint density at radius 3 is 2.92 bits per heavy atom. The molecule has 1 saturated heterocycles. The number of ether oxygens (including phenoxy) is 2. The highest BCUT2D eigenvalue weighted by molar-refractivity contribution is 5.94. The van der Waals surface area contributed by atoms with Crippen LogP contribution < -0.4 is 16.0 Å². The molecule has 1 aliphatic rings. The fourth-order valence-corrected chi connectivity index (χ4v) is 2.74. The predicted octanol–water partition coefficient (Wildman–Crippen LogP) is 1.28. The summed E-state index contributed by atoms with van der Waals surface area (Å²) in [5.74, 6) is 0.0123. The minimum absolute atomic E-state index is 0.0188. The van der Waals surface area contributed by atoms with Gasteiger partial charge in [-0.3, -0.25) is 4.79 Å². The zero-order valence-corrected chi connectivity index (χ0v) is 15.6. The molecule has 1 aromatic carbocycles. The molecule has 0 radical (unpaired) electrons. The average Bonchev–Trinajstić information content (AvgIpc) is 2.80. The number of benzene rings is 1. The van der Waals surface area contributed by atoms with Crippen LogP contribution in [0.2, 0.25) is 0 Å². The third-order valence-electron chi connectivity index (χ3n) is 4.14. The van der Waals surface area contributed by atoms with Gasteiger partial charge in [-0.1, -0.05) is 6.07 Å². The normalized spacial score (nSPS) is 18.0. The van der Waals surface area contributed by atoms with Crippen molar-refractivity contribution in [3.8, 4) is 0 Å². The van der Waals surface area contributed by atoms with Crippen LogP contribution in [0.4, 0.5) is 16.2 Å². The van der Waals surface area contributed by atoms with Crippen molar-refractivity contribution in [1.29, 1.82) is 0 Å². The maximum atomic E-state index is 12.2. The first-order valence-corrected chi connectivity index (χ1v) is 8.68. The number of aryl methyl sites for hydroxylation is 1. The quantitative estimate of drug-likeness (QED) is 0.707. The fourth-order valence-electron chi connectivity index (χ4n) is 2.74. The van der Waals surface area contributed by atoms with Crippen LogP contribution in [0.3, 0.4) is 0 Å². The van der Waals surface area contributed by atoms with Crippen LogP contribution in [0.1, 0.15) is 5.56 Å². The van der Waals surface area contributed by atoms with Crippen molar-refractivity contribution >= 4 is 23.3 Å². The van der Waals surface area contributed by atoms with Gasteiger partial charge in [0.25, 0.3) is 0 Å². The molecule has 2 rings (SSSR count). The van der Waals surface area contributed by atoms with Gasteiger partial charge in [0.1, 0.15) is 6.61 Å². The standard InChI is InChI=1S/C18H28N4O4/c1-13-4-5-15(20-17(23)12-25-3)8-16(13)21-18(24)19-9-14-10-22(2)6-7-26-11-14/h4-5,8,14H,6-7,9-12H2,1-3H3,(H,20,23)(H2,19,21,24)/t14-/m0/s1. The molecule has 1 fully saturated rings. The number of hydrogen-bond acceptors (Lipinski definition) is 5. The molecule has 144 valence electrons. The highest BCUT2D eigenvalue weighted by atomic mass is 16.5. The first kappa shape index (κ1) is 20.2. The highest BCUT2D eigenvalue weighted by Gasteiger charge is 2.17. The SMILES string of the molecule is COCC(=O)Nc1ccc(C)c(NC(=O)NC[C@@H]2COCCN(C)C2)c1. The van der Waals surface area contributed by atoms with E-state index in [0.717, 1.165) is 25.3 Å². The lowest BCUT2D eigenvalue weighted by molar-refractivity contribution is -0.119. The van der Waals surface area contributed by atoms with Crippen molar-refractivity contribution in [2.45, 2.75) is 6.92 Å². The molecule has 0 spiro atoms. The number of urea groups is 1. The summed E-state index contributed by atoms with van der Waals surface area (Å²) in [6, 6.07) is 5.07. The Morgan fingerprint density at radius 2 is 2.15 bits per heavy atom. The van der Waals surface area contributed by atoms with Gasteiger partial charge in [-0.05, 0) is 31.7 Å². The van der Waals surface area contributed by atoms with E-state index in [1.807, 2.05) is 13.0 Å². The molecule has 1 aromatic rings. The summed E-state index contributed by atoms with van der Waals surface area (Å²) in [6.07, 6.45) is 0. The third kappa shape index (κ3) is 6.62. The summed E-state index contributed by atoms with van der Waals surface area (Å²) in [5.41, 5.74) is 2.15. The second-order valence-electron chi connectivity index (χ2n) is 6.55. The second kappa shape index (κ2) is 10.1. The van der Waals surface area contributed by atoms with Crippen LogP contribution in [-0.4, -0.2) is 70.5 Å². The van der Waals surface area contributed by atoms with E-state index in [-0.39, 0.29) is 24.5 Å². The third-order valence-corrected chi connectivity index (χ3v) is 4.14. The van der Waals surface area contributed by atoms with Crippen molar-refractivity contribution in [3.63, 3.8) is 0 Å². The van der Waals surface area contributed by atoms with Crippen LogP contribution in [-0.2, 0) is 14.3 Å². The van der Waals surface area contributed by atoms with Gasteiger partial charge < -0.3 is 30.3 Å². The number of amides is 3. The zero-order valence-electron chi connectivity index (χ0n) is 15.6. The van der Waals surface area contributed by atoms with Crippen LogP contribution in [0, 0.1) is 12.8 Å². The molecule has 8 nitrogen and oxygen atoms in total. The molecule has 1 atom stereocenters. The highest BCUT2D eigenvalue weighted by Crippen LogP contribution is 2.20. The lowest BCUT2D eigenvalue weighted by Gasteiger charge is -2.19. The number of nitrogens with one attached hydrogen (secondary N) is 3. The van der Waals surface area contributed by atoms with Crippen LogP contribution >= 0.6 is 0 Å². The summed E-state index contributed by atoms with van der Waals surface area (Å²) < 4.78 is 10.4. The summed E-state index contributed by atoms with van der Waals surface area (Å²) >= 11 is 0. The number of nitrogens with zero attached hydrogens (tertiary/aromatic N) is 1. The van der Waals surface area contributed by atoms with Gasteiger partial charge in [-0.25, -0.2) is 4.79 Å². The zero-order chi connectivity index (χ0) is 18.9. The molecule has 1 aliphatic heterocycles. The summed E-state index contributed by atoms with van der Waals surface area (Å²) in [5, 5.41) is 8.45. The number of carbonyl (C=O) groups is 2. The van der Waals surface area contributed by atoms with Crippen molar-refractivity contribution in [2.75, 3.05) is 64.2 Å². The lowest BCUT2D eigenvalue weighted by Crippen LogP contribution is -2.38. The fraction of sp³-hybridized carbons (Fsp3) is 0.556. The Hall–Kier alpha value is -2.16. The number of rotatable bonds is 6. The first-order chi connectivity index (χ1) is 12.5. The van der Waals surface area contributed by atoms with E-state index in [2.05, 4.69) is 27.9 Å². The van der Waals surface area contributed by atoms with Crippen LogP contribution in [0.15, 0.2) is 18.2 Å². The Balaban J connectivity index is 1.88. The number of anilines is 2. The number of methoxy groups -OCH3 is 1. The number of hydrogen-bond donors (Lipinski definition) is 3. The van der Waals surface area contributed by atoms with Gasteiger partial charge in [0, 0.05) is 44.0 Å². The van der Waals surface area contributed by atoms with E-state index < -0.39 is 0 Å². The van der Waals surface area contributed by atoms with Gasteiger partial charge in [0.2, 0.25) is 5.91 Å². The molecule has 0 aliphatic carbocycles. The lowest BCUT2D eigenvalue weighted by atomic mass is 10.1. The van der Waals surface area contributed by atoms with Crippen molar-refractivity contribution in [3.05, 3.63) is 23.8 Å². The molecular weight excluding hydrogens is 336 g/mol. The van der Waals surface area contributed by atoms with E-state index in [4.69, 9.17) is 9.47 Å². The molecular formula is C18H28N4O4. The molecule has 3 N–H and O–H groups in total. The molecule has 0 saturated carbocycles. The van der Waals surface area contributed by atoms with E-state index in [1.54, 1.807) is 12.1 Å². The van der Waals surface area contributed by atoms with Gasteiger partial charge in [-0.15, -0.1) is 0 Å². The van der Waals surface area contributed by atoms with E-state index in [9.17, 15) is 9.59 Å². The summed E-state index contributed by atoms with van der Waals surface area (Å²) in [7, 11) is 3.51. The maximum absolute atomic E-state index is 12.2.